The van der Waals surface area contributed by atoms with E-state index in [4.69, 9.17) is 9.52 Å². The molecule has 0 saturated heterocycles. The smallest absolute Gasteiger partial charge is 0.244 e. The number of carbonyl (C=O) groups excluding carboxylic acids is 1. The van der Waals surface area contributed by atoms with Gasteiger partial charge < -0.3 is 9.73 Å². The van der Waals surface area contributed by atoms with Crippen LogP contribution in [0, 0.1) is 0 Å². The number of hydrogen-bond donors (Lipinski definition) is 1. The lowest BCUT2D eigenvalue weighted by molar-refractivity contribution is -0.116. The van der Waals surface area contributed by atoms with Gasteiger partial charge in [0, 0.05) is 42.4 Å². The number of amides is 1. The zero-order valence-electron chi connectivity index (χ0n) is 19.3. The number of para-hydroxylation sites is 2. The lowest BCUT2D eigenvalue weighted by atomic mass is 10.2. The molecule has 8 nitrogen and oxygen atoms in total. The van der Waals surface area contributed by atoms with Gasteiger partial charge in [0.05, 0.1) is 5.69 Å². The first-order chi connectivity index (χ1) is 17.7. The fourth-order valence-corrected chi connectivity index (χ4v) is 4.10. The summed E-state index contributed by atoms with van der Waals surface area (Å²) in [6, 6.07) is 25.4. The fourth-order valence-electron chi connectivity index (χ4n) is 4.10. The summed E-state index contributed by atoms with van der Waals surface area (Å²) in [6.07, 6.45) is 7.65. The average molecular weight is 475 g/mol. The normalized spacial score (nSPS) is 11.6. The highest BCUT2D eigenvalue weighted by Gasteiger charge is 2.15. The number of fused-ring (bicyclic) bond motifs is 2. The van der Waals surface area contributed by atoms with Crippen LogP contribution in [0.25, 0.3) is 39.8 Å². The van der Waals surface area contributed by atoms with Crippen molar-refractivity contribution in [3.8, 4) is 17.1 Å². The van der Waals surface area contributed by atoms with E-state index in [-0.39, 0.29) is 5.91 Å². The molecule has 0 radical (unpaired) electrons. The third-order valence-electron chi connectivity index (χ3n) is 5.87. The minimum absolute atomic E-state index is 0.202. The molecule has 4 aromatic heterocycles. The second kappa shape index (κ2) is 9.34. The van der Waals surface area contributed by atoms with Crippen molar-refractivity contribution in [3.05, 3.63) is 109 Å². The monoisotopic (exact) mass is 474 g/mol. The van der Waals surface area contributed by atoms with Crippen LogP contribution in [0.5, 0.6) is 0 Å². The van der Waals surface area contributed by atoms with Crippen molar-refractivity contribution in [1.29, 1.82) is 0 Å². The molecule has 0 fully saturated rings. The Morgan fingerprint density at radius 2 is 1.81 bits per heavy atom. The Balaban J connectivity index is 1.22. The van der Waals surface area contributed by atoms with E-state index >= 15 is 0 Å². The Morgan fingerprint density at radius 3 is 2.69 bits per heavy atom. The van der Waals surface area contributed by atoms with Crippen LogP contribution in [-0.4, -0.2) is 36.8 Å². The molecule has 8 heteroatoms. The van der Waals surface area contributed by atoms with E-state index in [1.165, 1.54) is 6.08 Å². The van der Waals surface area contributed by atoms with Crippen LogP contribution < -0.4 is 5.32 Å². The molecule has 176 valence electrons. The maximum absolute atomic E-state index is 12.6. The number of furan rings is 1. The van der Waals surface area contributed by atoms with Crippen molar-refractivity contribution >= 4 is 28.6 Å². The van der Waals surface area contributed by atoms with Crippen LogP contribution >= 0.6 is 0 Å². The minimum Gasteiger partial charge on any atom is -0.454 e. The molecule has 0 aliphatic heterocycles. The number of carbonyl (C=O) groups is 1. The zero-order chi connectivity index (χ0) is 24.3. The van der Waals surface area contributed by atoms with Crippen molar-refractivity contribution in [2.45, 2.75) is 6.42 Å². The van der Waals surface area contributed by atoms with E-state index in [2.05, 4.69) is 15.5 Å². The predicted molar refractivity (Wildman–Crippen MR) is 138 cm³/mol. The molecule has 1 amide bonds. The Kier molecular flexibility index (Phi) is 5.59. The van der Waals surface area contributed by atoms with Gasteiger partial charge in [-0.15, -0.1) is 10.2 Å². The maximum Gasteiger partial charge on any atom is 0.244 e. The molecule has 6 aromatic rings. The second-order valence-corrected chi connectivity index (χ2v) is 8.28. The number of aromatic nitrogens is 5. The summed E-state index contributed by atoms with van der Waals surface area (Å²) in [4.78, 5) is 12.6. The molecule has 4 heterocycles. The van der Waals surface area contributed by atoms with Gasteiger partial charge in [0.15, 0.2) is 11.4 Å². The molecule has 0 bridgehead atoms. The molecule has 2 aromatic carbocycles. The van der Waals surface area contributed by atoms with Crippen LogP contribution in [-0.2, 0) is 11.2 Å². The number of hydrogen-bond acceptors (Lipinski definition) is 5. The van der Waals surface area contributed by atoms with Crippen molar-refractivity contribution in [2.24, 2.45) is 0 Å². The van der Waals surface area contributed by atoms with Gasteiger partial charge in [0.25, 0.3) is 0 Å². The van der Waals surface area contributed by atoms with Crippen LogP contribution in [0.15, 0.2) is 102 Å². The van der Waals surface area contributed by atoms with Gasteiger partial charge >= 0.3 is 0 Å². The zero-order valence-corrected chi connectivity index (χ0v) is 19.3. The molecular weight excluding hydrogens is 452 g/mol. The molecular formula is C28H22N6O2. The summed E-state index contributed by atoms with van der Waals surface area (Å²) in [6.45, 7) is 0.443. The van der Waals surface area contributed by atoms with Crippen LogP contribution in [0.4, 0.5) is 0 Å². The number of rotatable bonds is 7. The van der Waals surface area contributed by atoms with Crippen molar-refractivity contribution in [2.75, 3.05) is 6.54 Å². The van der Waals surface area contributed by atoms with Gasteiger partial charge in [-0.2, -0.15) is 5.10 Å². The highest BCUT2D eigenvalue weighted by molar-refractivity contribution is 5.93. The number of pyridine rings is 1. The molecule has 0 aliphatic carbocycles. The number of nitrogens with zero attached hydrogens (tertiary/aromatic N) is 5. The Morgan fingerprint density at radius 1 is 0.972 bits per heavy atom. The Labute approximate surface area is 206 Å². The third-order valence-corrected chi connectivity index (χ3v) is 5.87. The maximum atomic E-state index is 12.6. The molecule has 0 spiro atoms. The summed E-state index contributed by atoms with van der Waals surface area (Å²) in [7, 11) is 0. The van der Waals surface area contributed by atoms with Gasteiger partial charge in [0.1, 0.15) is 17.1 Å². The molecule has 36 heavy (non-hydrogen) atoms. The van der Waals surface area contributed by atoms with E-state index in [0.29, 0.717) is 24.4 Å². The van der Waals surface area contributed by atoms with Gasteiger partial charge in [-0.1, -0.05) is 42.5 Å². The SMILES string of the molecule is O=C(/C=C/c1cn(-c2ccccc2)nc1-c1cc2ccccc2o1)NCCc1nnc2ccccn12. The van der Waals surface area contributed by atoms with E-state index in [0.717, 1.165) is 33.7 Å². The van der Waals surface area contributed by atoms with E-state index in [1.54, 1.807) is 10.8 Å². The second-order valence-electron chi connectivity index (χ2n) is 8.28. The number of nitrogens with one attached hydrogen (secondary N) is 1. The standard InChI is InChI=1S/C28H22N6O2/c35-27(29-16-15-26-31-30-25-12-6-7-17-33(25)26)14-13-21-19-34(22-9-2-1-3-10-22)32-28(21)24-18-20-8-4-5-11-23(20)36-24/h1-14,17-19H,15-16H2,(H,29,35)/b14-13+. The Bertz CT molecular complexity index is 1660. The predicted octanol–water partition coefficient (Wildman–Crippen LogP) is 4.70. The van der Waals surface area contributed by atoms with E-state index in [9.17, 15) is 4.79 Å². The lowest BCUT2D eigenvalue weighted by Crippen LogP contribution is -2.24. The quantitative estimate of drug-likeness (QED) is 0.339. The molecule has 0 saturated carbocycles. The van der Waals surface area contributed by atoms with E-state index in [1.807, 2.05) is 95.7 Å². The van der Waals surface area contributed by atoms with Crippen molar-refractivity contribution in [3.63, 3.8) is 0 Å². The van der Waals surface area contributed by atoms with Gasteiger partial charge in [-0.25, -0.2) is 4.68 Å². The first-order valence-electron chi connectivity index (χ1n) is 11.6. The van der Waals surface area contributed by atoms with Crippen molar-refractivity contribution in [1.82, 2.24) is 29.7 Å². The average Bonchev–Trinajstić information content (AvgIpc) is 3.64. The fraction of sp³-hybridized carbons (Fsp3) is 0.0714. The third kappa shape index (κ3) is 4.27. The highest BCUT2D eigenvalue weighted by atomic mass is 16.3. The topological polar surface area (TPSA) is 90.2 Å². The van der Waals surface area contributed by atoms with Crippen LogP contribution in [0.1, 0.15) is 11.4 Å². The van der Waals surface area contributed by atoms with Crippen LogP contribution in [0.3, 0.4) is 0 Å². The van der Waals surface area contributed by atoms with Crippen molar-refractivity contribution < 1.29 is 9.21 Å². The first kappa shape index (κ1) is 21.5. The molecule has 1 N–H and O–H groups in total. The lowest BCUT2D eigenvalue weighted by Gasteiger charge is -2.01. The molecule has 0 unspecified atom stereocenters. The summed E-state index contributed by atoms with van der Waals surface area (Å²) in [5.41, 5.74) is 3.92. The summed E-state index contributed by atoms with van der Waals surface area (Å²) < 4.78 is 9.77. The van der Waals surface area contributed by atoms with Gasteiger partial charge in [-0.05, 0) is 42.5 Å². The van der Waals surface area contributed by atoms with E-state index < -0.39 is 0 Å². The van der Waals surface area contributed by atoms with Gasteiger partial charge in [-0.3, -0.25) is 9.20 Å². The van der Waals surface area contributed by atoms with Gasteiger partial charge in [0.2, 0.25) is 5.91 Å². The highest BCUT2D eigenvalue weighted by Crippen LogP contribution is 2.30. The first-order valence-corrected chi connectivity index (χ1v) is 11.6. The molecule has 0 aliphatic rings. The Hall–Kier alpha value is -4.98. The number of benzene rings is 2. The molecule has 0 atom stereocenters. The molecule has 6 rings (SSSR count). The summed E-state index contributed by atoms with van der Waals surface area (Å²) in [5, 5.41) is 17.0. The van der Waals surface area contributed by atoms with Crippen LogP contribution in [0.2, 0.25) is 0 Å². The minimum atomic E-state index is -0.202. The summed E-state index contributed by atoms with van der Waals surface area (Å²) in [5.74, 6) is 1.24. The largest absolute Gasteiger partial charge is 0.454 e. The summed E-state index contributed by atoms with van der Waals surface area (Å²) >= 11 is 0.